The second-order valence-corrected chi connectivity index (χ2v) is 5.10. The van der Waals surface area contributed by atoms with Gasteiger partial charge in [-0.25, -0.2) is 0 Å². The van der Waals surface area contributed by atoms with Crippen LogP contribution in [0.4, 0.5) is 0 Å². The lowest BCUT2D eigenvalue weighted by molar-refractivity contribution is 0.250. The van der Waals surface area contributed by atoms with Crippen molar-refractivity contribution in [1.29, 1.82) is 5.26 Å². The van der Waals surface area contributed by atoms with E-state index < -0.39 is 0 Å². The largest absolute Gasteiger partial charge is 0.396 e. The molecule has 74 valence electrons. The van der Waals surface area contributed by atoms with Crippen LogP contribution in [0.3, 0.4) is 0 Å². The molecule has 1 aliphatic rings. The minimum Gasteiger partial charge on any atom is -0.396 e. The van der Waals surface area contributed by atoms with E-state index in [1.165, 1.54) is 12.8 Å². The Morgan fingerprint density at radius 1 is 1.62 bits per heavy atom. The van der Waals surface area contributed by atoms with E-state index in [-0.39, 0.29) is 12.5 Å². The van der Waals surface area contributed by atoms with Crippen molar-refractivity contribution >= 4 is 11.8 Å². The molecule has 0 radical (unpaired) electrons. The quantitative estimate of drug-likeness (QED) is 0.753. The summed E-state index contributed by atoms with van der Waals surface area (Å²) < 4.78 is 0. The fourth-order valence-electron chi connectivity index (χ4n) is 1.61. The van der Waals surface area contributed by atoms with Gasteiger partial charge in [0.2, 0.25) is 0 Å². The highest BCUT2D eigenvalue weighted by atomic mass is 32.2. The Bertz CT molecular complexity index is 190. The van der Waals surface area contributed by atoms with E-state index in [2.05, 4.69) is 6.07 Å². The lowest BCUT2D eigenvalue weighted by Gasteiger charge is -2.14. The lowest BCUT2D eigenvalue weighted by atomic mass is 10.1. The normalized spacial score (nSPS) is 29.9. The molecule has 13 heavy (non-hydrogen) atoms. The summed E-state index contributed by atoms with van der Waals surface area (Å²) in [5.74, 6) is 1.61. The Balaban J connectivity index is 2.24. The summed E-state index contributed by atoms with van der Waals surface area (Å²) in [5, 5.41) is 18.2. The van der Waals surface area contributed by atoms with E-state index in [0.717, 1.165) is 12.2 Å². The van der Waals surface area contributed by atoms with Gasteiger partial charge in [0.25, 0.3) is 0 Å². The first-order chi connectivity index (χ1) is 6.27. The molecule has 0 aromatic rings. The molecule has 1 fully saturated rings. The number of thioether (sulfide) groups is 1. The minimum atomic E-state index is 0.260. The predicted molar refractivity (Wildman–Crippen MR) is 55.4 cm³/mol. The van der Waals surface area contributed by atoms with E-state index in [9.17, 15) is 0 Å². The highest BCUT2D eigenvalue weighted by Gasteiger charge is 2.27. The van der Waals surface area contributed by atoms with Gasteiger partial charge in [-0.3, -0.25) is 0 Å². The lowest BCUT2D eigenvalue weighted by Crippen LogP contribution is -2.12. The fraction of sp³-hybridized carbons (Fsp3) is 0.900. The van der Waals surface area contributed by atoms with E-state index >= 15 is 0 Å². The maximum Gasteiger partial charge on any atom is 0.0667 e. The highest BCUT2D eigenvalue weighted by Crippen LogP contribution is 2.35. The van der Waals surface area contributed by atoms with E-state index in [4.69, 9.17) is 10.4 Å². The molecule has 1 N–H and O–H groups in total. The Hall–Kier alpha value is -0.200. The molecule has 3 heteroatoms. The van der Waals surface area contributed by atoms with Crippen LogP contribution in [-0.4, -0.2) is 22.7 Å². The zero-order valence-electron chi connectivity index (χ0n) is 8.07. The maximum atomic E-state index is 8.85. The Morgan fingerprint density at radius 3 is 3.00 bits per heavy atom. The molecule has 0 spiro atoms. The van der Waals surface area contributed by atoms with Gasteiger partial charge >= 0.3 is 0 Å². The molecule has 0 amide bonds. The highest BCUT2D eigenvalue weighted by molar-refractivity contribution is 7.99. The van der Waals surface area contributed by atoms with Crippen molar-refractivity contribution < 1.29 is 5.11 Å². The fourth-order valence-corrected chi connectivity index (χ4v) is 3.06. The number of nitrogens with zero attached hydrogens (tertiary/aromatic N) is 1. The molecule has 0 aliphatic heterocycles. The molecular formula is C10H17NOS. The molecule has 3 atom stereocenters. The van der Waals surface area contributed by atoms with Crippen LogP contribution in [-0.2, 0) is 0 Å². The van der Waals surface area contributed by atoms with Crippen LogP contribution in [0.15, 0.2) is 0 Å². The molecule has 1 aliphatic carbocycles. The number of aliphatic hydroxyl groups excluding tert-OH is 1. The van der Waals surface area contributed by atoms with Gasteiger partial charge in [-0.05, 0) is 24.5 Å². The van der Waals surface area contributed by atoms with E-state index in [0.29, 0.717) is 11.2 Å². The molecule has 0 heterocycles. The molecule has 0 aromatic heterocycles. The average Bonchev–Trinajstić information content (AvgIpc) is 2.61. The second kappa shape index (κ2) is 5.51. The smallest absolute Gasteiger partial charge is 0.0667 e. The minimum absolute atomic E-state index is 0.260. The monoisotopic (exact) mass is 199 g/mol. The molecular weight excluding hydrogens is 182 g/mol. The topological polar surface area (TPSA) is 44.0 Å². The van der Waals surface area contributed by atoms with Crippen molar-refractivity contribution in [2.75, 3.05) is 12.4 Å². The van der Waals surface area contributed by atoms with Gasteiger partial charge in [0.15, 0.2) is 0 Å². The number of hydrogen-bond donors (Lipinski definition) is 1. The predicted octanol–water partition coefficient (Wildman–Crippen LogP) is 2.04. The number of nitriles is 1. The van der Waals surface area contributed by atoms with Crippen molar-refractivity contribution in [3.8, 4) is 6.07 Å². The molecule has 2 nitrogen and oxygen atoms in total. The van der Waals surface area contributed by atoms with Crippen molar-refractivity contribution in [3.63, 3.8) is 0 Å². The van der Waals surface area contributed by atoms with Gasteiger partial charge in [-0.2, -0.15) is 17.0 Å². The molecule has 0 bridgehead atoms. The van der Waals surface area contributed by atoms with E-state index in [1.54, 1.807) is 0 Å². The van der Waals surface area contributed by atoms with Crippen LogP contribution in [0.25, 0.3) is 0 Å². The molecule has 0 saturated heterocycles. The average molecular weight is 199 g/mol. The van der Waals surface area contributed by atoms with Gasteiger partial charge in [-0.15, -0.1) is 0 Å². The Labute approximate surface area is 84.3 Å². The molecule has 1 rings (SSSR count). The summed E-state index contributed by atoms with van der Waals surface area (Å²) in [7, 11) is 0. The van der Waals surface area contributed by atoms with Crippen molar-refractivity contribution in [3.05, 3.63) is 0 Å². The number of hydrogen-bond acceptors (Lipinski definition) is 3. The zero-order valence-corrected chi connectivity index (χ0v) is 8.89. The second-order valence-electron chi connectivity index (χ2n) is 3.83. The van der Waals surface area contributed by atoms with Gasteiger partial charge < -0.3 is 5.11 Å². The standard InChI is InChI=1S/C10H17NOS/c1-8(6-12)7-13-10-4-2-3-9(10)5-11/h8-10,12H,2-4,6-7H2,1H3. The number of aliphatic hydroxyl groups is 1. The first kappa shape index (κ1) is 10.9. The van der Waals surface area contributed by atoms with Crippen LogP contribution in [0.5, 0.6) is 0 Å². The first-order valence-electron chi connectivity index (χ1n) is 4.90. The summed E-state index contributed by atoms with van der Waals surface area (Å²) in [6.07, 6.45) is 3.45. The number of rotatable bonds is 4. The van der Waals surface area contributed by atoms with Crippen molar-refractivity contribution in [2.24, 2.45) is 11.8 Å². The third-order valence-corrected chi connectivity index (χ3v) is 4.28. The SMILES string of the molecule is CC(CO)CSC1CCCC1C#N. The van der Waals surface area contributed by atoms with Gasteiger partial charge in [0.05, 0.1) is 12.0 Å². The molecule has 3 unspecified atom stereocenters. The Kier molecular flexibility index (Phi) is 4.61. The van der Waals surface area contributed by atoms with Crippen LogP contribution < -0.4 is 0 Å². The summed E-state index contributed by atoms with van der Waals surface area (Å²) in [6, 6.07) is 2.37. The molecule has 0 aromatic carbocycles. The van der Waals surface area contributed by atoms with Crippen LogP contribution >= 0.6 is 11.8 Å². The third-order valence-electron chi connectivity index (χ3n) is 2.52. The van der Waals surface area contributed by atoms with Crippen LogP contribution in [0, 0.1) is 23.2 Å². The van der Waals surface area contributed by atoms with Gasteiger partial charge in [-0.1, -0.05) is 13.3 Å². The summed E-state index contributed by atoms with van der Waals surface area (Å²) >= 11 is 1.87. The van der Waals surface area contributed by atoms with Crippen LogP contribution in [0.2, 0.25) is 0 Å². The maximum absolute atomic E-state index is 8.85. The van der Waals surface area contributed by atoms with E-state index in [1.807, 2.05) is 18.7 Å². The zero-order chi connectivity index (χ0) is 9.68. The van der Waals surface area contributed by atoms with Gasteiger partial charge in [0.1, 0.15) is 0 Å². The summed E-state index contributed by atoms with van der Waals surface area (Å²) in [4.78, 5) is 0. The van der Waals surface area contributed by atoms with Crippen LogP contribution in [0.1, 0.15) is 26.2 Å². The summed E-state index contributed by atoms with van der Waals surface area (Å²) in [5.41, 5.74) is 0. The third kappa shape index (κ3) is 3.21. The Morgan fingerprint density at radius 2 is 2.38 bits per heavy atom. The summed E-state index contributed by atoms with van der Waals surface area (Å²) in [6.45, 7) is 2.31. The molecule has 1 saturated carbocycles. The van der Waals surface area contributed by atoms with Crippen molar-refractivity contribution in [2.45, 2.75) is 31.4 Å². The van der Waals surface area contributed by atoms with Gasteiger partial charge in [0, 0.05) is 11.9 Å². The first-order valence-corrected chi connectivity index (χ1v) is 5.95. The van der Waals surface area contributed by atoms with Crippen molar-refractivity contribution in [1.82, 2.24) is 0 Å².